The molecule has 21 heavy (non-hydrogen) atoms. The van der Waals surface area contributed by atoms with Gasteiger partial charge in [-0.05, 0) is 37.3 Å². The molecule has 1 saturated heterocycles. The average Bonchev–Trinajstić information content (AvgIpc) is 3.08. The standard InChI is InChI=1S/C15H21N5O/c1-12-3-6-16-20(12)11-15(21)19-7-4-13(5-8-19)14-9-17-18(2)10-14/h3,6,9-10,13H,4-5,7-8,11H2,1-2H3. The SMILES string of the molecule is Cc1ccnn1CC(=O)N1CCC(c2cnn(C)c2)CC1. The number of hydrogen-bond acceptors (Lipinski definition) is 3. The monoisotopic (exact) mass is 287 g/mol. The largest absolute Gasteiger partial charge is 0.341 e. The highest BCUT2D eigenvalue weighted by Crippen LogP contribution is 2.27. The summed E-state index contributed by atoms with van der Waals surface area (Å²) in [6.07, 6.45) is 7.77. The van der Waals surface area contributed by atoms with Gasteiger partial charge in [-0.2, -0.15) is 10.2 Å². The number of carbonyl (C=O) groups excluding carboxylic acids is 1. The Labute approximate surface area is 124 Å². The van der Waals surface area contributed by atoms with Crippen LogP contribution in [0, 0.1) is 6.92 Å². The van der Waals surface area contributed by atoms with Crippen LogP contribution in [0.3, 0.4) is 0 Å². The Morgan fingerprint density at radius 1 is 1.33 bits per heavy atom. The van der Waals surface area contributed by atoms with Crippen LogP contribution >= 0.6 is 0 Å². The van der Waals surface area contributed by atoms with Gasteiger partial charge in [0.1, 0.15) is 6.54 Å². The molecule has 0 radical (unpaired) electrons. The molecule has 0 aromatic carbocycles. The maximum Gasteiger partial charge on any atom is 0.244 e. The predicted octanol–water partition coefficient (Wildman–Crippen LogP) is 1.33. The van der Waals surface area contributed by atoms with E-state index in [9.17, 15) is 4.79 Å². The second kappa shape index (κ2) is 5.71. The molecule has 6 nitrogen and oxygen atoms in total. The van der Waals surface area contributed by atoms with Gasteiger partial charge in [0.2, 0.25) is 5.91 Å². The third-order valence-corrected chi connectivity index (χ3v) is 4.26. The molecule has 0 unspecified atom stereocenters. The summed E-state index contributed by atoms with van der Waals surface area (Å²) in [5, 5.41) is 8.40. The minimum atomic E-state index is 0.159. The molecule has 3 heterocycles. The number of aromatic nitrogens is 4. The van der Waals surface area contributed by atoms with Crippen molar-refractivity contribution in [2.75, 3.05) is 13.1 Å². The van der Waals surface area contributed by atoms with Gasteiger partial charge in [0, 0.05) is 38.2 Å². The van der Waals surface area contributed by atoms with Gasteiger partial charge in [0.15, 0.2) is 0 Å². The van der Waals surface area contributed by atoms with Crippen molar-refractivity contribution in [1.82, 2.24) is 24.5 Å². The highest BCUT2D eigenvalue weighted by Gasteiger charge is 2.24. The Balaban J connectivity index is 1.56. The molecule has 0 saturated carbocycles. The average molecular weight is 287 g/mol. The number of amides is 1. The molecule has 0 atom stereocenters. The lowest BCUT2D eigenvalue weighted by Crippen LogP contribution is -2.40. The third-order valence-electron chi connectivity index (χ3n) is 4.26. The van der Waals surface area contributed by atoms with E-state index in [1.54, 1.807) is 10.9 Å². The Hall–Kier alpha value is -2.11. The molecule has 2 aromatic heterocycles. The molecule has 3 rings (SSSR count). The van der Waals surface area contributed by atoms with Crippen LogP contribution in [0.25, 0.3) is 0 Å². The summed E-state index contributed by atoms with van der Waals surface area (Å²) in [4.78, 5) is 14.3. The molecule has 0 bridgehead atoms. The van der Waals surface area contributed by atoms with E-state index in [1.165, 1.54) is 5.56 Å². The van der Waals surface area contributed by atoms with Crippen molar-refractivity contribution in [1.29, 1.82) is 0 Å². The predicted molar refractivity (Wildman–Crippen MR) is 78.7 cm³/mol. The lowest BCUT2D eigenvalue weighted by molar-refractivity contribution is -0.133. The maximum atomic E-state index is 12.3. The molecule has 1 aliphatic rings. The summed E-state index contributed by atoms with van der Waals surface area (Å²) in [5.41, 5.74) is 2.31. The topological polar surface area (TPSA) is 56.0 Å². The number of hydrogen-bond donors (Lipinski definition) is 0. The van der Waals surface area contributed by atoms with Gasteiger partial charge in [-0.15, -0.1) is 0 Å². The molecule has 0 N–H and O–H groups in total. The lowest BCUT2D eigenvalue weighted by atomic mass is 9.91. The van der Waals surface area contributed by atoms with Crippen LogP contribution in [0.5, 0.6) is 0 Å². The van der Waals surface area contributed by atoms with Crippen LogP contribution in [-0.2, 0) is 18.4 Å². The number of aryl methyl sites for hydroxylation is 2. The Bertz CT molecular complexity index is 622. The van der Waals surface area contributed by atoms with Gasteiger partial charge >= 0.3 is 0 Å². The van der Waals surface area contributed by atoms with Crippen molar-refractivity contribution < 1.29 is 4.79 Å². The summed E-state index contributed by atoms with van der Waals surface area (Å²) in [6, 6.07) is 1.92. The van der Waals surface area contributed by atoms with Crippen molar-refractivity contribution in [2.45, 2.75) is 32.2 Å². The number of carbonyl (C=O) groups is 1. The van der Waals surface area contributed by atoms with Gasteiger partial charge in [-0.25, -0.2) is 0 Å². The van der Waals surface area contributed by atoms with E-state index in [-0.39, 0.29) is 5.91 Å². The van der Waals surface area contributed by atoms with Crippen molar-refractivity contribution >= 4 is 5.91 Å². The molecule has 2 aromatic rings. The number of nitrogens with zero attached hydrogens (tertiary/aromatic N) is 5. The van der Waals surface area contributed by atoms with E-state index >= 15 is 0 Å². The first-order chi connectivity index (χ1) is 10.1. The molecule has 6 heteroatoms. The second-order valence-electron chi connectivity index (χ2n) is 5.73. The summed E-state index contributed by atoms with van der Waals surface area (Å²) in [6.45, 7) is 3.95. The van der Waals surface area contributed by atoms with E-state index in [1.807, 2.05) is 35.8 Å². The fourth-order valence-corrected chi connectivity index (χ4v) is 2.91. The zero-order valence-corrected chi connectivity index (χ0v) is 12.6. The van der Waals surface area contributed by atoms with Gasteiger partial charge in [-0.3, -0.25) is 14.2 Å². The van der Waals surface area contributed by atoms with Gasteiger partial charge < -0.3 is 4.90 Å². The van der Waals surface area contributed by atoms with E-state index in [2.05, 4.69) is 16.4 Å². The lowest BCUT2D eigenvalue weighted by Gasteiger charge is -2.31. The van der Waals surface area contributed by atoms with E-state index in [0.717, 1.165) is 31.6 Å². The first-order valence-corrected chi connectivity index (χ1v) is 7.38. The molecular weight excluding hydrogens is 266 g/mol. The van der Waals surface area contributed by atoms with Crippen LogP contribution in [0.15, 0.2) is 24.7 Å². The number of rotatable bonds is 3. The van der Waals surface area contributed by atoms with Crippen LogP contribution in [-0.4, -0.2) is 43.5 Å². The van der Waals surface area contributed by atoms with Crippen molar-refractivity contribution in [2.24, 2.45) is 7.05 Å². The minimum Gasteiger partial charge on any atom is -0.341 e. The molecule has 0 aliphatic carbocycles. The first kappa shape index (κ1) is 13.9. The van der Waals surface area contributed by atoms with Crippen LogP contribution in [0.4, 0.5) is 0 Å². The summed E-state index contributed by atoms with van der Waals surface area (Å²) >= 11 is 0. The first-order valence-electron chi connectivity index (χ1n) is 7.38. The van der Waals surface area contributed by atoms with Gasteiger partial charge in [0.05, 0.1) is 6.20 Å². The fourth-order valence-electron chi connectivity index (χ4n) is 2.91. The quantitative estimate of drug-likeness (QED) is 0.856. The van der Waals surface area contributed by atoms with E-state index in [4.69, 9.17) is 0 Å². The van der Waals surface area contributed by atoms with E-state index < -0.39 is 0 Å². The summed E-state index contributed by atoms with van der Waals surface area (Å²) in [5.74, 6) is 0.681. The summed E-state index contributed by atoms with van der Waals surface area (Å²) in [7, 11) is 1.94. The van der Waals surface area contributed by atoms with Crippen LogP contribution in [0.1, 0.15) is 30.0 Å². The van der Waals surface area contributed by atoms with Gasteiger partial charge in [-0.1, -0.05) is 0 Å². The van der Waals surface area contributed by atoms with Gasteiger partial charge in [0.25, 0.3) is 0 Å². The van der Waals surface area contributed by atoms with Crippen molar-refractivity contribution in [3.8, 4) is 0 Å². The highest BCUT2D eigenvalue weighted by atomic mass is 16.2. The molecule has 1 aliphatic heterocycles. The molecular formula is C15H21N5O. The van der Waals surface area contributed by atoms with Crippen molar-refractivity contribution in [3.05, 3.63) is 35.9 Å². The number of piperidine rings is 1. The third kappa shape index (κ3) is 2.99. The second-order valence-corrected chi connectivity index (χ2v) is 5.73. The molecule has 1 fully saturated rings. The fraction of sp³-hybridized carbons (Fsp3) is 0.533. The highest BCUT2D eigenvalue weighted by molar-refractivity contribution is 5.76. The van der Waals surface area contributed by atoms with Crippen LogP contribution in [0.2, 0.25) is 0 Å². The van der Waals surface area contributed by atoms with E-state index in [0.29, 0.717) is 12.5 Å². The molecule has 1 amide bonds. The number of likely N-dealkylation sites (tertiary alicyclic amines) is 1. The zero-order chi connectivity index (χ0) is 14.8. The molecule has 112 valence electrons. The Kier molecular flexibility index (Phi) is 3.77. The van der Waals surface area contributed by atoms with Crippen molar-refractivity contribution in [3.63, 3.8) is 0 Å². The Morgan fingerprint density at radius 3 is 2.67 bits per heavy atom. The molecule has 0 spiro atoms. The van der Waals surface area contributed by atoms with Crippen LogP contribution < -0.4 is 0 Å². The Morgan fingerprint density at radius 2 is 2.10 bits per heavy atom. The smallest absolute Gasteiger partial charge is 0.244 e. The summed E-state index contributed by atoms with van der Waals surface area (Å²) < 4.78 is 3.60. The normalized spacial score (nSPS) is 16.4. The zero-order valence-electron chi connectivity index (χ0n) is 12.6. The maximum absolute atomic E-state index is 12.3. The minimum absolute atomic E-state index is 0.159.